The van der Waals surface area contributed by atoms with Crippen LogP contribution in [0.5, 0.6) is 0 Å². The molecule has 1 aliphatic heterocycles. The highest BCUT2D eigenvalue weighted by molar-refractivity contribution is 6.48. The van der Waals surface area contributed by atoms with E-state index in [2.05, 4.69) is 5.16 Å². The SMILES string of the molecule is NC(=O)c1c(CC=O)cc(C2=NOC(c3cc(Cl)c(Cl)c(Cl)c3)(C(F)(F)F)C2)c2ccccc12. The minimum absolute atomic E-state index is 0.0427. The Balaban J connectivity index is 1.91. The fourth-order valence-corrected chi connectivity index (χ4v) is 4.65. The van der Waals surface area contributed by atoms with Gasteiger partial charge in [0.25, 0.3) is 5.60 Å². The lowest BCUT2D eigenvalue weighted by molar-refractivity contribution is -0.275. The van der Waals surface area contributed by atoms with Crippen LogP contribution in [0.1, 0.15) is 33.5 Å². The molecule has 176 valence electrons. The number of hydrogen-bond acceptors (Lipinski definition) is 4. The van der Waals surface area contributed by atoms with Crippen molar-refractivity contribution in [1.82, 2.24) is 0 Å². The molecule has 0 radical (unpaired) electrons. The number of primary amides is 1. The van der Waals surface area contributed by atoms with E-state index in [0.717, 1.165) is 12.1 Å². The minimum atomic E-state index is -4.91. The molecular formula is C23H14Cl3F3N2O3. The number of fused-ring (bicyclic) bond motifs is 1. The molecule has 2 N–H and O–H groups in total. The number of hydrogen-bond donors (Lipinski definition) is 1. The van der Waals surface area contributed by atoms with Gasteiger partial charge in [-0.3, -0.25) is 4.79 Å². The van der Waals surface area contributed by atoms with Crippen LogP contribution in [0.3, 0.4) is 0 Å². The van der Waals surface area contributed by atoms with E-state index >= 15 is 0 Å². The lowest BCUT2D eigenvalue weighted by Crippen LogP contribution is -2.42. The van der Waals surface area contributed by atoms with Gasteiger partial charge in [-0.25, -0.2) is 0 Å². The normalized spacial score (nSPS) is 18.0. The Labute approximate surface area is 206 Å². The van der Waals surface area contributed by atoms with Crippen LogP contribution >= 0.6 is 34.8 Å². The van der Waals surface area contributed by atoms with Crippen molar-refractivity contribution in [2.24, 2.45) is 10.9 Å². The highest BCUT2D eigenvalue weighted by Gasteiger charge is 2.62. The standard InChI is InChI=1S/C23H14Cl3F3N2O3/c24-16-8-12(9-17(25)20(16)26)22(23(27,28)29)10-18(31-34-22)15-7-11(5-6-32)19(21(30)33)14-4-2-1-3-13(14)15/h1-4,6-9H,5,10H2,(H2,30,33). The maximum atomic E-state index is 14.4. The average molecular weight is 530 g/mol. The van der Waals surface area contributed by atoms with Crippen LogP contribution in [0.15, 0.2) is 47.6 Å². The molecule has 1 unspecified atom stereocenters. The van der Waals surface area contributed by atoms with Crippen LogP contribution in [-0.2, 0) is 21.7 Å². The Bertz CT molecular complexity index is 1350. The number of nitrogens with zero attached hydrogens (tertiary/aromatic N) is 1. The Hall–Kier alpha value is -2.81. The Morgan fingerprint density at radius 2 is 1.74 bits per heavy atom. The first-order chi connectivity index (χ1) is 16.0. The Morgan fingerprint density at radius 1 is 1.12 bits per heavy atom. The van der Waals surface area contributed by atoms with E-state index in [9.17, 15) is 22.8 Å². The number of alkyl halides is 3. The fraction of sp³-hybridized carbons (Fsp3) is 0.174. The summed E-state index contributed by atoms with van der Waals surface area (Å²) in [6.07, 6.45) is -5.22. The fourth-order valence-electron chi connectivity index (χ4n) is 4.05. The summed E-state index contributed by atoms with van der Waals surface area (Å²) in [7, 11) is 0. The van der Waals surface area contributed by atoms with Gasteiger partial charge in [0.05, 0.1) is 26.3 Å². The number of rotatable bonds is 5. The molecule has 5 nitrogen and oxygen atoms in total. The van der Waals surface area contributed by atoms with E-state index < -0.39 is 24.1 Å². The lowest BCUT2D eigenvalue weighted by Gasteiger charge is -2.30. The molecule has 1 atom stereocenters. The van der Waals surface area contributed by atoms with Crippen molar-refractivity contribution in [3.8, 4) is 0 Å². The largest absolute Gasteiger partial charge is 0.435 e. The van der Waals surface area contributed by atoms with E-state index in [-0.39, 0.29) is 49.5 Å². The Kier molecular flexibility index (Phi) is 6.27. The first kappa shape index (κ1) is 24.3. The zero-order valence-electron chi connectivity index (χ0n) is 17.1. The van der Waals surface area contributed by atoms with Gasteiger partial charge in [0.1, 0.15) is 6.29 Å². The van der Waals surface area contributed by atoms with Crippen LogP contribution < -0.4 is 5.73 Å². The predicted octanol–water partition coefficient (Wildman–Crippen LogP) is 6.22. The average Bonchev–Trinajstić information content (AvgIpc) is 3.23. The minimum Gasteiger partial charge on any atom is -0.374 e. The molecule has 0 bridgehead atoms. The molecule has 0 spiro atoms. The topological polar surface area (TPSA) is 81.8 Å². The summed E-state index contributed by atoms with van der Waals surface area (Å²) in [5.41, 5.74) is 2.90. The van der Waals surface area contributed by atoms with Crippen molar-refractivity contribution in [2.45, 2.75) is 24.6 Å². The molecule has 1 aliphatic rings. The maximum Gasteiger partial charge on any atom is 0.435 e. The van der Waals surface area contributed by atoms with Crippen molar-refractivity contribution in [3.05, 3.63) is 79.8 Å². The smallest absolute Gasteiger partial charge is 0.374 e. The number of benzene rings is 3. The van der Waals surface area contributed by atoms with E-state index in [0.29, 0.717) is 17.1 Å². The first-order valence-electron chi connectivity index (χ1n) is 9.75. The monoisotopic (exact) mass is 528 g/mol. The molecule has 1 amide bonds. The van der Waals surface area contributed by atoms with Crippen molar-refractivity contribution in [1.29, 1.82) is 0 Å². The van der Waals surface area contributed by atoms with Crippen molar-refractivity contribution in [2.75, 3.05) is 0 Å². The zero-order valence-corrected chi connectivity index (χ0v) is 19.3. The van der Waals surface area contributed by atoms with Gasteiger partial charge in [-0.05, 0) is 34.5 Å². The predicted molar refractivity (Wildman–Crippen MR) is 124 cm³/mol. The first-order valence-corrected chi connectivity index (χ1v) is 10.9. The zero-order chi connectivity index (χ0) is 24.8. The number of carbonyl (C=O) groups excluding carboxylic acids is 2. The van der Waals surface area contributed by atoms with E-state index in [1.165, 1.54) is 6.07 Å². The van der Waals surface area contributed by atoms with Gasteiger partial charge >= 0.3 is 6.18 Å². The number of oxime groups is 1. The summed E-state index contributed by atoms with van der Waals surface area (Å²) in [4.78, 5) is 28.4. The number of amides is 1. The summed E-state index contributed by atoms with van der Waals surface area (Å²) >= 11 is 17.9. The number of carbonyl (C=O) groups is 2. The summed E-state index contributed by atoms with van der Waals surface area (Å²) in [6, 6.07) is 10.0. The molecule has 11 heteroatoms. The summed E-state index contributed by atoms with van der Waals surface area (Å²) in [5.74, 6) is -0.765. The number of aldehydes is 1. The molecule has 3 aromatic carbocycles. The highest BCUT2D eigenvalue weighted by atomic mass is 35.5. The van der Waals surface area contributed by atoms with Gasteiger partial charge < -0.3 is 15.4 Å². The molecule has 0 aromatic heterocycles. The summed E-state index contributed by atoms with van der Waals surface area (Å²) < 4.78 is 43.2. The van der Waals surface area contributed by atoms with Crippen LogP contribution in [0, 0.1) is 0 Å². The van der Waals surface area contributed by atoms with Gasteiger partial charge in [-0.1, -0.05) is 64.2 Å². The van der Waals surface area contributed by atoms with Crippen molar-refractivity contribution in [3.63, 3.8) is 0 Å². The molecule has 34 heavy (non-hydrogen) atoms. The molecule has 3 aromatic rings. The number of halogens is 6. The molecule has 0 saturated heterocycles. The van der Waals surface area contributed by atoms with Gasteiger partial charge in [0.15, 0.2) is 0 Å². The third-order valence-corrected chi connectivity index (χ3v) is 6.82. The highest BCUT2D eigenvalue weighted by Crippen LogP contribution is 2.51. The molecular weight excluding hydrogens is 516 g/mol. The van der Waals surface area contributed by atoms with Crippen LogP contribution in [-0.4, -0.2) is 24.1 Å². The third-order valence-electron chi connectivity index (χ3n) is 5.62. The number of nitrogens with two attached hydrogens (primary N) is 1. The third kappa shape index (κ3) is 3.89. The molecule has 0 aliphatic carbocycles. The van der Waals surface area contributed by atoms with Crippen molar-refractivity contribution >= 4 is 63.5 Å². The van der Waals surface area contributed by atoms with E-state index in [1.807, 2.05) is 0 Å². The van der Waals surface area contributed by atoms with Crippen LogP contribution in [0.25, 0.3) is 10.8 Å². The van der Waals surface area contributed by atoms with E-state index in [4.69, 9.17) is 45.4 Å². The summed E-state index contributed by atoms with van der Waals surface area (Å²) in [6.45, 7) is 0. The van der Waals surface area contributed by atoms with Crippen LogP contribution in [0.2, 0.25) is 15.1 Å². The summed E-state index contributed by atoms with van der Waals surface area (Å²) in [5, 5.41) is 4.16. The second kappa shape index (κ2) is 8.76. The molecule has 0 fully saturated rings. The van der Waals surface area contributed by atoms with Gasteiger partial charge in [0, 0.05) is 24.0 Å². The van der Waals surface area contributed by atoms with Crippen molar-refractivity contribution < 1.29 is 27.6 Å². The quantitative estimate of drug-likeness (QED) is 0.315. The second-order valence-corrected chi connectivity index (χ2v) is 8.82. The Morgan fingerprint density at radius 3 is 2.29 bits per heavy atom. The van der Waals surface area contributed by atoms with Gasteiger partial charge in [0.2, 0.25) is 5.91 Å². The molecule has 1 heterocycles. The van der Waals surface area contributed by atoms with Gasteiger partial charge in [-0.2, -0.15) is 13.2 Å². The second-order valence-electron chi connectivity index (χ2n) is 7.62. The molecule has 0 saturated carbocycles. The van der Waals surface area contributed by atoms with Gasteiger partial charge in [-0.15, -0.1) is 0 Å². The van der Waals surface area contributed by atoms with E-state index in [1.54, 1.807) is 24.3 Å². The maximum absolute atomic E-state index is 14.4. The molecule has 4 rings (SSSR count). The lowest BCUT2D eigenvalue weighted by atomic mass is 9.84. The van der Waals surface area contributed by atoms with Crippen LogP contribution in [0.4, 0.5) is 13.2 Å².